The second-order valence-corrected chi connectivity index (χ2v) is 6.23. The van der Waals surface area contributed by atoms with Crippen molar-refractivity contribution in [1.29, 1.82) is 0 Å². The highest BCUT2D eigenvalue weighted by Crippen LogP contribution is 2.21. The summed E-state index contributed by atoms with van der Waals surface area (Å²) in [5.41, 5.74) is 3.35. The van der Waals surface area contributed by atoms with E-state index in [0.29, 0.717) is 17.3 Å². The minimum Gasteiger partial charge on any atom is -0.452 e. The number of carbonyl (C=O) groups excluding carboxylic acids is 1. The SMILES string of the molecule is Cc1cc(C(=O)OCc2nc(C(C)C)no2)c(C)n1-c1ccccc1. The van der Waals surface area contributed by atoms with Gasteiger partial charge in [0.2, 0.25) is 0 Å². The molecule has 6 heteroatoms. The molecule has 1 aromatic carbocycles. The summed E-state index contributed by atoms with van der Waals surface area (Å²) in [4.78, 5) is 16.7. The highest BCUT2D eigenvalue weighted by molar-refractivity contribution is 5.91. The molecule has 25 heavy (non-hydrogen) atoms. The third-order valence-electron chi connectivity index (χ3n) is 3.99. The van der Waals surface area contributed by atoms with Crippen LogP contribution in [0.4, 0.5) is 0 Å². The van der Waals surface area contributed by atoms with E-state index in [1.807, 2.05) is 68.7 Å². The largest absolute Gasteiger partial charge is 0.452 e. The summed E-state index contributed by atoms with van der Waals surface area (Å²) in [5, 5.41) is 3.86. The van der Waals surface area contributed by atoms with Crippen LogP contribution in [0.15, 0.2) is 40.9 Å². The molecule has 0 aliphatic heterocycles. The number of benzene rings is 1. The van der Waals surface area contributed by atoms with E-state index in [1.54, 1.807) is 0 Å². The van der Waals surface area contributed by atoms with Crippen LogP contribution in [-0.4, -0.2) is 20.7 Å². The summed E-state index contributed by atoms with van der Waals surface area (Å²) >= 11 is 0. The van der Waals surface area contributed by atoms with E-state index in [1.165, 1.54) is 0 Å². The number of aromatic nitrogens is 3. The molecular formula is C19H21N3O3. The van der Waals surface area contributed by atoms with E-state index in [9.17, 15) is 4.79 Å². The van der Waals surface area contributed by atoms with Crippen LogP contribution in [0.5, 0.6) is 0 Å². The maximum absolute atomic E-state index is 12.5. The Bertz CT molecular complexity index is 879. The molecule has 0 bridgehead atoms. The zero-order valence-corrected chi connectivity index (χ0v) is 14.8. The van der Waals surface area contributed by atoms with Crippen molar-refractivity contribution in [3.05, 3.63) is 65.1 Å². The molecule has 3 aromatic rings. The monoisotopic (exact) mass is 339 g/mol. The molecule has 0 spiro atoms. The molecule has 0 atom stereocenters. The minimum atomic E-state index is -0.403. The number of hydrogen-bond acceptors (Lipinski definition) is 5. The number of carbonyl (C=O) groups is 1. The van der Waals surface area contributed by atoms with E-state index in [0.717, 1.165) is 17.1 Å². The summed E-state index contributed by atoms with van der Waals surface area (Å²) < 4.78 is 12.5. The third-order valence-corrected chi connectivity index (χ3v) is 3.99. The van der Waals surface area contributed by atoms with Gasteiger partial charge < -0.3 is 13.8 Å². The van der Waals surface area contributed by atoms with Gasteiger partial charge in [-0.05, 0) is 32.0 Å². The molecule has 130 valence electrons. The Hall–Kier alpha value is -2.89. The van der Waals surface area contributed by atoms with Gasteiger partial charge in [-0.1, -0.05) is 37.2 Å². The second-order valence-electron chi connectivity index (χ2n) is 6.23. The van der Waals surface area contributed by atoms with Crippen LogP contribution in [-0.2, 0) is 11.3 Å². The van der Waals surface area contributed by atoms with Crippen molar-refractivity contribution in [1.82, 2.24) is 14.7 Å². The lowest BCUT2D eigenvalue weighted by molar-refractivity contribution is 0.0429. The van der Waals surface area contributed by atoms with Crippen LogP contribution in [0.3, 0.4) is 0 Å². The first kappa shape index (κ1) is 17.0. The average molecular weight is 339 g/mol. The van der Waals surface area contributed by atoms with Gasteiger partial charge >= 0.3 is 5.97 Å². The molecule has 6 nitrogen and oxygen atoms in total. The molecule has 0 N–H and O–H groups in total. The van der Waals surface area contributed by atoms with Crippen LogP contribution in [0.2, 0.25) is 0 Å². The van der Waals surface area contributed by atoms with Crippen LogP contribution >= 0.6 is 0 Å². The topological polar surface area (TPSA) is 70.2 Å². The maximum atomic E-state index is 12.5. The van der Waals surface area contributed by atoms with Crippen molar-refractivity contribution in [2.45, 2.75) is 40.2 Å². The van der Waals surface area contributed by atoms with Crippen LogP contribution in [0.25, 0.3) is 5.69 Å². The molecule has 0 aliphatic rings. The Balaban J connectivity index is 1.76. The highest BCUT2D eigenvalue weighted by Gasteiger charge is 2.19. The molecule has 0 aliphatic carbocycles. The van der Waals surface area contributed by atoms with Crippen molar-refractivity contribution >= 4 is 5.97 Å². The fraction of sp³-hybridized carbons (Fsp3) is 0.316. The van der Waals surface area contributed by atoms with Gasteiger partial charge in [0, 0.05) is 23.0 Å². The summed E-state index contributed by atoms with van der Waals surface area (Å²) in [6, 6.07) is 11.7. The van der Waals surface area contributed by atoms with Crippen molar-refractivity contribution < 1.29 is 14.1 Å². The molecule has 0 fully saturated rings. The lowest BCUT2D eigenvalue weighted by Gasteiger charge is -2.09. The Morgan fingerprint density at radius 1 is 1.24 bits per heavy atom. The number of ether oxygens (including phenoxy) is 1. The quantitative estimate of drug-likeness (QED) is 0.658. The molecular weight excluding hydrogens is 318 g/mol. The lowest BCUT2D eigenvalue weighted by Crippen LogP contribution is -2.07. The van der Waals surface area contributed by atoms with Gasteiger partial charge in [-0.15, -0.1) is 0 Å². The Labute approximate surface area is 146 Å². The summed E-state index contributed by atoms with van der Waals surface area (Å²) in [6.45, 7) is 7.77. The van der Waals surface area contributed by atoms with Gasteiger partial charge in [0.15, 0.2) is 12.4 Å². The predicted octanol–water partition coefficient (Wildman–Crippen LogP) is 3.96. The van der Waals surface area contributed by atoms with Gasteiger partial charge in [0.1, 0.15) is 0 Å². The van der Waals surface area contributed by atoms with E-state index in [-0.39, 0.29) is 12.5 Å². The number of para-hydroxylation sites is 1. The normalized spacial score (nSPS) is 11.1. The predicted molar refractivity (Wildman–Crippen MR) is 92.7 cm³/mol. The molecule has 2 heterocycles. The first-order valence-electron chi connectivity index (χ1n) is 8.21. The van der Waals surface area contributed by atoms with Gasteiger partial charge in [0.25, 0.3) is 5.89 Å². The number of nitrogens with zero attached hydrogens (tertiary/aromatic N) is 3. The van der Waals surface area contributed by atoms with E-state index in [4.69, 9.17) is 9.26 Å². The smallest absolute Gasteiger partial charge is 0.340 e. The van der Waals surface area contributed by atoms with E-state index < -0.39 is 5.97 Å². The van der Waals surface area contributed by atoms with Crippen LogP contribution in [0, 0.1) is 13.8 Å². The van der Waals surface area contributed by atoms with E-state index in [2.05, 4.69) is 10.1 Å². The average Bonchev–Trinajstić information content (AvgIpc) is 3.18. The first-order chi connectivity index (χ1) is 12.0. The lowest BCUT2D eigenvalue weighted by atomic mass is 10.2. The van der Waals surface area contributed by atoms with Gasteiger partial charge in [-0.2, -0.15) is 4.98 Å². The fourth-order valence-corrected chi connectivity index (χ4v) is 2.71. The maximum Gasteiger partial charge on any atom is 0.340 e. The van der Waals surface area contributed by atoms with Crippen LogP contribution in [0.1, 0.15) is 53.2 Å². The molecule has 2 aromatic heterocycles. The second kappa shape index (κ2) is 6.93. The summed E-state index contributed by atoms with van der Waals surface area (Å²) in [5.74, 6) is 0.666. The molecule has 0 saturated carbocycles. The highest BCUT2D eigenvalue weighted by atomic mass is 16.6. The van der Waals surface area contributed by atoms with Crippen molar-refractivity contribution in [2.24, 2.45) is 0 Å². The zero-order chi connectivity index (χ0) is 18.0. The van der Waals surface area contributed by atoms with Gasteiger partial charge in [0.05, 0.1) is 5.56 Å². The number of esters is 1. The molecule has 0 amide bonds. The number of aryl methyl sites for hydroxylation is 1. The van der Waals surface area contributed by atoms with Gasteiger partial charge in [-0.25, -0.2) is 4.79 Å². The number of rotatable bonds is 5. The fourth-order valence-electron chi connectivity index (χ4n) is 2.71. The van der Waals surface area contributed by atoms with E-state index >= 15 is 0 Å². The Morgan fingerprint density at radius 3 is 2.60 bits per heavy atom. The standard InChI is InChI=1S/C19H21N3O3/c1-12(2)18-20-17(25-21-18)11-24-19(23)16-10-13(3)22(14(16)4)15-8-6-5-7-9-15/h5-10,12H,11H2,1-4H3. The summed E-state index contributed by atoms with van der Waals surface area (Å²) in [6.07, 6.45) is 0. The zero-order valence-electron chi connectivity index (χ0n) is 14.8. The first-order valence-corrected chi connectivity index (χ1v) is 8.21. The van der Waals surface area contributed by atoms with Gasteiger partial charge in [-0.3, -0.25) is 0 Å². The van der Waals surface area contributed by atoms with Crippen molar-refractivity contribution in [3.63, 3.8) is 0 Å². The molecule has 0 saturated heterocycles. The number of hydrogen-bond donors (Lipinski definition) is 0. The Kier molecular flexibility index (Phi) is 4.70. The molecule has 0 radical (unpaired) electrons. The van der Waals surface area contributed by atoms with Crippen molar-refractivity contribution in [3.8, 4) is 5.69 Å². The van der Waals surface area contributed by atoms with Crippen LogP contribution < -0.4 is 0 Å². The minimum absolute atomic E-state index is 0.0342. The summed E-state index contributed by atoms with van der Waals surface area (Å²) in [7, 11) is 0. The Morgan fingerprint density at radius 2 is 1.96 bits per heavy atom. The third kappa shape index (κ3) is 3.47. The van der Waals surface area contributed by atoms with Crippen molar-refractivity contribution in [2.75, 3.05) is 0 Å². The molecule has 3 rings (SSSR count). The molecule has 0 unspecified atom stereocenters.